The van der Waals surface area contributed by atoms with Crippen molar-refractivity contribution in [3.8, 4) is 0 Å². The molecule has 0 spiro atoms. The summed E-state index contributed by atoms with van der Waals surface area (Å²) < 4.78 is 0. The molecule has 0 fully saturated rings. The highest BCUT2D eigenvalue weighted by Crippen LogP contribution is 2.16. The van der Waals surface area contributed by atoms with Gasteiger partial charge in [-0.15, -0.1) is 0 Å². The van der Waals surface area contributed by atoms with E-state index in [1.807, 2.05) is 30.3 Å². The number of carbonyl (C=O) groups excluding carboxylic acids is 1. The summed E-state index contributed by atoms with van der Waals surface area (Å²) >= 11 is 0. The number of nitrogens with one attached hydrogen (secondary N) is 1. The van der Waals surface area contributed by atoms with E-state index in [4.69, 9.17) is 5.11 Å². The number of amides is 1. The molecule has 2 N–H and O–H groups in total. The lowest BCUT2D eigenvalue weighted by atomic mass is 10.0. The summed E-state index contributed by atoms with van der Waals surface area (Å²) in [6.45, 7) is 3.23. The van der Waals surface area contributed by atoms with Crippen LogP contribution >= 0.6 is 0 Å². The zero-order chi connectivity index (χ0) is 14.7. The molecule has 0 saturated carbocycles. The summed E-state index contributed by atoms with van der Waals surface area (Å²) in [5.74, 6) is -1.96. The van der Waals surface area contributed by atoms with Crippen LogP contribution in [-0.2, 0) is 4.79 Å². The molecule has 5 heteroatoms. The Morgan fingerprint density at radius 3 is 2.60 bits per heavy atom. The van der Waals surface area contributed by atoms with Gasteiger partial charge in [-0.1, -0.05) is 24.3 Å². The lowest BCUT2D eigenvalue weighted by Gasteiger charge is -2.17. The van der Waals surface area contributed by atoms with Gasteiger partial charge >= 0.3 is 5.97 Å². The van der Waals surface area contributed by atoms with Gasteiger partial charge in [0.2, 0.25) is 0 Å². The van der Waals surface area contributed by atoms with Crippen LogP contribution in [0.3, 0.4) is 0 Å². The van der Waals surface area contributed by atoms with Gasteiger partial charge in [0.1, 0.15) is 5.69 Å². The molecule has 0 bridgehead atoms. The van der Waals surface area contributed by atoms with E-state index < -0.39 is 17.9 Å². The minimum absolute atomic E-state index is 0.313. The fourth-order valence-corrected chi connectivity index (χ4v) is 1.91. The SMILES string of the molecule is CC(NC(=O)c1nccc2ccccc12)C(C)C(=O)O. The molecule has 1 aromatic carbocycles. The smallest absolute Gasteiger partial charge is 0.308 e. The third-order valence-electron chi connectivity index (χ3n) is 3.39. The molecule has 0 aliphatic rings. The number of hydrogen-bond acceptors (Lipinski definition) is 3. The number of carboxylic acid groups (broad SMARTS) is 1. The fraction of sp³-hybridized carbons (Fsp3) is 0.267. The van der Waals surface area contributed by atoms with Crippen molar-refractivity contribution in [3.63, 3.8) is 0 Å². The zero-order valence-electron chi connectivity index (χ0n) is 11.3. The van der Waals surface area contributed by atoms with Crippen molar-refractivity contribution in [2.75, 3.05) is 0 Å². The summed E-state index contributed by atoms with van der Waals surface area (Å²) in [6.07, 6.45) is 1.57. The van der Waals surface area contributed by atoms with Crippen LogP contribution in [0.15, 0.2) is 36.5 Å². The minimum atomic E-state index is -0.941. The Kier molecular flexibility index (Phi) is 3.98. The second kappa shape index (κ2) is 5.69. The minimum Gasteiger partial charge on any atom is -0.481 e. The van der Waals surface area contributed by atoms with Crippen molar-refractivity contribution in [2.24, 2.45) is 5.92 Å². The third kappa shape index (κ3) is 2.77. The standard InChI is InChI=1S/C15H16N2O3/c1-9(15(19)20)10(2)17-14(18)13-12-6-4-3-5-11(12)7-8-16-13/h3-10H,1-2H3,(H,17,18)(H,19,20). The molecular weight excluding hydrogens is 256 g/mol. The Balaban J connectivity index is 2.26. The quantitative estimate of drug-likeness (QED) is 0.893. The van der Waals surface area contributed by atoms with E-state index in [1.165, 1.54) is 0 Å². The molecule has 0 aliphatic carbocycles. The summed E-state index contributed by atoms with van der Waals surface area (Å²) in [7, 11) is 0. The molecule has 0 saturated heterocycles. The normalized spacial score (nSPS) is 13.7. The first-order valence-electron chi connectivity index (χ1n) is 6.38. The Hall–Kier alpha value is -2.43. The molecule has 2 atom stereocenters. The monoisotopic (exact) mass is 272 g/mol. The number of aromatic nitrogens is 1. The van der Waals surface area contributed by atoms with Crippen LogP contribution in [0.1, 0.15) is 24.3 Å². The van der Waals surface area contributed by atoms with Gasteiger partial charge in [0, 0.05) is 17.6 Å². The molecule has 0 aliphatic heterocycles. The van der Waals surface area contributed by atoms with E-state index in [2.05, 4.69) is 10.3 Å². The first-order chi connectivity index (χ1) is 9.50. The number of rotatable bonds is 4. The molecule has 1 amide bonds. The van der Waals surface area contributed by atoms with Crippen LogP contribution in [0.4, 0.5) is 0 Å². The van der Waals surface area contributed by atoms with Gasteiger partial charge < -0.3 is 10.4 Å². The average Bonchev–Trinajstić information content (AvgIpc) is 2.45. The van der Waals surface area contributed by atoms with Crippen LogP contribution in [0.25, 0.3) is 10.8 Å². The first kappa shape index (κ1) is 14.0. The predicted molar refractivity (Wildman–Crippen MR) is 75.5 cm³/mol. The molecule has 5 nitrogen and oxygen atoms in total. The maximum absolute atomic E-state index is 12.2. The number of carboxylic acids is 1. The first-order valence-corrected chi connectivity index (χ1v) is 6.38. The lowest BCUT2D eigenvalue weighted by molar-refractivity contribution is -0.141. The molecule has 2 aromatic rings. The second-order valence-corrected chi connectivity index (χ2v) is 4.77. The molecular formula is C15H16N2O3. The number of fused-ring (bicyclic) bond motifs is 1. The maximum atomic E-state index is 12.2. The van der Waals surface area contributed by atoms with E-state index in [9.17, 15) is 9.59 Å². The van der Waals surface area contributed by atoms with Crippen LogP contribution in [-0.4, -0.2) is 28.0 Å². The van der Waals surface area contributed by atoms with Gasteiger partial charge in [-0.3, -0.25) is 14.6 Å². The van der Waals surface area contributed by atoms with Gasteiger partial charge in [-0.05, 0) is 25.3 Å². The Morgan fingerprint density at radius 1 is 1.20 bits per heavy atom. The number of nitrogens with zero attached hydrogens (tertiary/aromatic N) is 1. The van der Waals surface area contributed by atoms with Crippen molar-refractivity contribution in [3.05, 3.63) is 42.2 Å². The molecule has 2 rings (SSSR count). The summed E-state index contributed by atoms with van der Waals surface area (Å²) in [6, 6.07) is 8.80. The van der Waals surface area contributed by atoms with Crippen molar-refractivity contribution in [1.29, 1.82) is 0 Å². The highest BCUT2D eigenvalue weighted by Gasteiger charge is 2.22. The van der Waals surface area contributed by atoms with E-state index in [0.717, 1.165) is 10.8 Å². The average molecular weight is 272 g/mol. The number of pyridine rings is 1. The van der Waals surface area contributed by atoms with Crippen molar-refractivity contribution >= 4 is 22.6 Å². The topological polar surface area (TPSA) is 79.3 Å². The van der Waals surface area contributed by atoms with Gasteiger partial charge in [-0.2, -0.15) is 0 Å². The van der Waals surface area contributed by atoms with E-state index in [0.29, 0.717) is 5.69 Å². The highest BCUT2D eigenvalue weighted by molar-refractivity contribution is 6.05. The number of carbonyl (C=O) groups is 2. The number of benzene rings is 1. The van der Waals surface area contributed by atoms with Gasteiger partial charge in [-0.25, -0.2) is 0 Å². The predicted octanol–water partition coefficient (Wildman–Crippen LogP) is 2.07. The number of hydrogen-bond donors (Lipinski definition) is 2. The van der Waals surface area contributed by atoms with Gasteiger partial charge in [0.05, 0.1) is 5.92 Å². The summed E-state index contributed by atoms with van der Waals surface area (Å²) in [5, 5.41) is 13.3. The Bertz CT molecular complexity index is 649. The number of aliphatic carboxylic acids is 1. The van der Waals surface area contributed by atoms with E-state index in [1.54, 1.807) is 20.0 Å². The van der Waals surface area contributed by atoms with E-state index in [-0.39, 0.29) is 5.91 Å². The fourth-order valence-electron chi connectivity index (χ4n) is 1.91. The zero-order valence-corrected chi connectivity index (χ0v) is 11.3. The summed E-state index contributed by atoms with van der Waals surface area (Å²) in [5.41, 5.74) is 0.313. The Labute approximate surface area is 116 Å². The van der Waals surface area contributed by atoms with E-state index >= 15 is 0 Å². The highest BCUT2D eigenvalue weighted by atomic mass is 16.4. The largest absolute Gasteiger partial charge is 0.481 e. The molecule has 1 heterocycles. The van der Waals surface area contributed by atoms with Crippen LogP contribution in [0, 0.1) is 5.92 Å². The third-order valence-corrected chi connectivity index (χ3v) is 3.39. The van der Waals surface area contributed by atoms with Crippen LogP contribution in [0.2, 0.25) is 0 Å². The molecule has 1 aromatic heterocycles. The molecule has 0 radical (unpaired) electrons. The van der Waals surface area contributed by atoms with Crippen molar-refractivity contribution in [1.82, 2.24) is 10.3 Å². The lowest BCUT2D eigenvalue weighted by Crippen LogP contribution is -2.40. The second-order valence-electron chi connectivity index (χ2n) is 4.77. The molecule has 2 unspecified atom stereocenters. The molecule has 104 valence electrons. The Morgan fingerprint density at radius 2 is 1.90 bits per heavy atom. The summed E-state index contributed by atoms with van der Waals surface area (Å²) in [4.78, 5) is 27.2. The van der Waals surface area contributed by atoms with Crippen LogP contribution < -0.4 is 5.32 Å². The van der Waals surface area contributed by atoms with Gasteiger partial charge in [0.15, 0.2) is 0 Å². The maximum Gasteiger partial charge on any atom is 0.308 e. The molecule has 20 heavy (non-hydrogen) atoms. The van der Waals surface area contributed by atoms with Gasteiger partial charge in [0.25, 0.3) is 5.91 Å². The van der Waals surface area contributed by atoms with Crippen molar-refractivity contribution in [2.45, 2.75) is 19.9 Å². The van der Waals surface area contributed by atoms with Crippen molar-refractivity contribution < 1.29 is 14.7 Å². The van der Waals surface area contributed by atoms with Crippen LogP contribution in [0.5, 0.6) is 0 Å².